The van der Waals surface area contributed by atoms with Crippen LogP contribution in [0.1, 0.15) is 65.0 Å². The quantitative estimate of drug-likeness (QED) is 0.0371. The minimum Gasteiger partial charge on any atom is -0.490 e. The fourth-order valence-electron chi connectivity index (χ4n) is 15.5. The van der Waals surface area contributed by atoms with Gasteiger partial charge in [0, 0.05) is 163 Å². The number of thiazole rings is 2. The fraction of sp³-hybridized carbons (Fsp3) is 0.315. The van der Waals surface area contributed by atoms with Crippen molar-refractivity contribution in [2.24, 2.45) is 7.05 Å². The van der Waals surface area contributed by atoms with Crippen LogP contribution in [-0.4, -0.2) is 210 Å². The monoisotopic (exact) mass is 1840 g/mol. The van der Waals surface area contributed by atoms with Gasteiger partial charge < -0.3 is 50.4 Å². The van der Waals surface area contributed by atoms with Gasteiger partial charge in [0.25, 0.3) is 16.7 Å². The number of rotatable bonds is 23. The summed E-state index contributed by atoms with van der Waals surface area (Å²) >= 11 is 4.73. The molecule has 10 aromatic heterocycles. The number of halogens is 3. The molecule has 0 bridgehead atoms. The molecule has 4 atom stereocenters. The zero-order chi connectivity index (χ0) is 88.3. The SMILES string of the molecule is C=S(C)(=O)c1ccc(-c2cc3cnc(Nc4ccc(OC5CCN(C)C5)cc4)nc3n(-c3nccs3)c2=O)nc1.C=S(c1ccc(-c2cc3cnc(Nc4ccc(OC5CCNCC5)cc4)nc3n(CC(F)(F)F)c2=O)cc1)C1CCN(C)CC1.Cn1cc(S(=O)(=O)C2CC2)nc1-c1cc2cnc(Nc3ccc(C4CNCCS4)cc3)nc2n(Cc2nccs2)c1=O.[HH].[HH].[HH]. The number of fused-ring (bicyclic) bond motifs is 3. The molecule has 127 heavy (non-hydrogen) atoms. The van der Waals surface area contributed by atoms with Crippen LogP contribution >= 0.6 is 44.9 Å². The first-order valence-electron chi connectivity index (χ1n) is 41.4. The molecule has 14 aromatic rings. The number of benzene rings is 4. The van der Waals surface area contributed by atoms with Crippen molar-refractivity contribution >= 4 is 144 Å². The molecule has 664 valence electrons. The smallest absolute Gasteiger partial charge is 0.406 e. The molecule has 1 saturated carbocycles. The van der Waals surface area contributed by atoms with Crippen molar-refractivity contribution < 1.29 is 39.6 Å². The Hall–Kier alpha value is -11.5. The molecule has 0 radical (unpaired) electrons. The number of piperidine rings is 2. The number of ether oxygens (including phenoxy) is 2. The molecule has 0 amide bonds. The van der Waals surface area contributed by atoms with Gasteiger partial charge in [-0.15, -0.1) is 22.7 Å². The van der Waals surface area contributed by atoms with Gasteiger partial charge in [-0.1, -0.05) is 30.1 Å². The maximum atomic E-state index is 14.0. The van der Waals surface area contributed by atoms with E-state index in [-0.39, 0.29) is 78.2 Å². The summed E-state index contributed by atoms with van der Waals surface area (Å²) in [4.78, 5) is 92.2. The number of thioether (sulfide) groups is 1. The Morgan fingerprint density at radius 3 is 1.72 bits per heavy atom. The van der Waals surface area contributed by atoms with Crippen molar-refractivity contribution in [1.29, 1.82) is 0 Å². The normalized spacial score (nSPS) is 17.5. The number of imidazole rings is 1. The van der Waals surface area contributed by atoms with E-state index >= 15 is 0 Å². The maximum absolute atomic E-state index is 14.0. The number of likely N-dealkylation sites (N-methyl/N-ethyl adjacent to an activating group) is 1. The van der Waals surface area contributed by atoms with E-state index < -0.39 is 42.9 Å². The molecule has 1 aliphatic carbocycles. The lowest BCUT2D eigenvalue weighted by atomic mass is 10.1. The van der Waals surface area contributed by atoms with Crippen LogP contribution < -0.4 is 52.7 Å². The van der Waals surface area contributed by atoms with Crippen LogP contribution in [0.3, 0.4) is 0 Å². The summed E-state index contributed by atoms with van der Waals surface area (Å²) in [6, 6.07) is 38.9. The van der Waals surface area contributed by atoms with Gasteiger partial charge in [0.1, 0.15) is 52.4 Å². The molecule has 4 saturated heterocycles. The topological polar surface area (TPSA) is 336 Å². The highest BCUT2D eigenvalue weighted by Crippen LogP contribution is 2.39. The number of nitrogens with one attached hydrogen (secondary N) is 5. The third-order valence-corrected chi connectivity index (χ3v) is 30.8. The second kappa shape index (κ2) is 37.8. The summed E-state index contributed by atoms with van der Waals surface area (Å²) in [6.45, 7) is 6.62. The number of alkyl halides is 3. The van der Waals surface area contributed by atoms with Crippen LogP contribution in [0, 0.1) is 0 Å². The average molecular weight is 1840 g/mol. The number of hydrogen-bond donors (Lipinski definition) is 5. The number of aromatic nitrogens is 14. The Balaban J connectivity index is 0.000000156. The fourth-order valence-corrected chi connectivity index (χ4v) is 21.8. The predicted octanol–water partition coefficient (Wildman–Crippen LogP) is 14.4. The van der Waals surface area contributed by atoms with E-state index in [9.17, 15) is 40.2 Å². The van der Waals surface area contributed by atoms with Crippen LogP contribution in [0.4, 0.5) is 48.1 Å². The van der Waals surface area contributed by atoms with E-state index in [1.165, 1.54) is 51.4 Å². The Morgan fingerprint density at radius 1 is 0.591 bits per heavy atom. The Bertz CT molecular complexity index is 6790. The third-order valence-electron chi connectivity index (χ3n) is 22.4. The first-order chi connectivity index (χ1) is 61.2. The lowest BCUT2D eigenvalue weighted by Crippen LogP contribution is -2.34. The zero-order valence-electron chi connectivity index (χ0n) is 69.9. The van der Waals surface area contributed by atoms with Crippen molar-refractivity contribution in [3.8, 4) is 50.4 Å². The number of pyridine rings is 4. The van der Waals surface area contributed by atoms with Crippen LogP contribution in [0.5, 0.6) is 11.5 Å². The number of hydrogen-bond acceptors (Lipinski definition) is 28. The van der Waals surface area contributed by atoms with Crippen LogP contribution in [0.25, 0.3) is 72.0 Å². The lowest BCUT2D eigenvalue weighted by Gasteiger charge is -2.31. The molecule has 0 spiro atoms. The second-order valence-electron chi connectivity index (χ2n) is 31.9. The summed E-state index contributed by atoms with van der Waals surface area (Å²) in [5.41, 5.74) is 4.65. The van der Waals surface area contributed by atoms with Gasteiger partial charge in [-0.05, 0) is 215 Å². The van der Waals surface area contributed by atoms with Crippen LogP contribution in [-0.2, 0) is 39.5 Å². The summed E-state index contributed by atoms with van der Waals surface area (Å²) < 4.78 is 96.6. The Kier molecular flexibility index (Phi) is 26.1. The molecular formula is C89H98F3N21O8S6. The van der Waals surface area contributed by atoms with Gasteiger partial charge >= 0.3 is 6.18 Å². The van der Waals surface area contributed by atoms with Gasteiger partial charge in [-0.25, -0.2) is 42.9 Å². The third kappa shape index (κ3) is 20.7. The molecule has 19 rings (SSSR count). The van der Waals surface area contributed by atoms with Crippen LogP contribution in [0.15, 0.2) is 211 Å². The maximum Gasteiger partial charge on any atom is 0.406 e. The van der Waals surface area contributed by atoms with Gasteiger partial charge in [-0.3, -0.25) is 32.7 Å². The van der Waals surface area contributed by atoms with Crippen molar-refractivity contribution in [3.63, 3.8) is 0 Å². The van der Waals surface area contributed by atoms with Gasteiger partial charge in [-0.2, -0.15) is 50.4 Å². The first kappa shape index (κ1) is 87.6. The first-order valence-corrected chi connectivity index (χ1v) is 49.3. The molecule has 5 aliphatic rings. The number of sulfone groups is 1. The van der Waals surface area contributed by atoms with Crippen molar-refractivity contribution in [1.82, 2.24) is 88.5 Å². The molecule has 5 fully saturated rings. The lowest BCUT2D eigenvalue weighted by molar-refractivity contribution is -0.140. The molecule has 29 nitrogen and oxygen atoms in total. The van der Waals surface area contributed by atoms with Crippen LogP contribution in [0.2, 0.25) is 0 Å². The van der Waals surface area contributed by atoms with E-state index in [2.05, 4.69) is 119 Å². The van der Waals surface area contributed by atoms with E-state index in [1.54, 1.807) is 107 Å². The molecule has 4 aromatic carbocycles. The van der Waals surface area contributed by atoms with Gasteiger partial charge in [0.2, 0.25) is 17.8 Å². The highest BCUT2D eigenvalue weighted by molar-refractivity contribution is 8.14. The summed E-state index contributed by atoms with van der Waals surface area (Å²) in [6.07, 6.45) is 14.7. The summed E-state index contributed by atoms with van der Waals surface area (Å²) in [5, 5.41) is 23.3. The highest BCUT2D eigenvalue weighted by atomic mass is 32.2. The molecular weight excluding hydrogens is 1740 g/mol. The highest BCUT2D eigenvalue weighted by Gasteiger charge is 2.39. The van der Waals surface area contributed by atoms with E-state index in [1.807, 2.05) is 77.8 Å². The number of likely N-dealkylation sites (tertiary alicyclic amines) is 2. The summed E-state index contributed by atoms with van der Waals surface area (Å²) in [7, 11) is -0.236. The van der Waals surface area contributed by atoms with Gasteiger partial charge in [0.15, 0.2) is 25.6 Å². The standard InChI is InChI=1S/C33H37F3N6O2S.C28H28N8O3S3.C28H27N7O3S2.3H2/c1-41-17-13-28(14-18-41)45(2)27-9-3-22(4-10-27)29-19-23-20-38-32(40-30(23)42(31(29)43)21-33(34,35)36)39-24-5-7-25(8-6-24)44-26-11-15-37-16-12-26;1-35-16-24(42(38,39)20-6-7-20)33-26(35)21-12-18-13-31-28(34-25(18)36(27(21)37)15-23-30-9-11-41-23)32-19-4-2-17(3-5-19)22-14-29-8-10-40-22;1-34-12-10-21(17-34)38-20-6-4-19(5-7-20)32-27-31-15-18-14-23(24-9-8-22(16-30-24)40(2,3)37)26(36)35(25(18)33-27)28-29-11-13-39-28;;;/h3-10,19-20,26,28,37H,2,11-18,21H2,1H3,(H,38,39,40);2-5,9,11-13,16,20,22,29H,6-8,10,14-15H2,1H3,(H,31,32,34);4-9,11,13-16,21H,2,10,12,17H2,1,3H3,(H,31,32,33);3*1H. The molecule has 38 heteroatoms. The van der Waals surface area contributed by atoms with Crippen molar-refractivity contribution in [2.75, 3.05) is 94.4 Å². The van der Waals surface area contributed by atoms with Crippen molar-refractivity contribution in [2.45, 2.75) is 107 Å². The molecule has 4 unspecified atom stereocenters. The minimum atomic E-state index is -4.63. The number of anilines is 6. The predicted molar refractivity (Wildman–Crippen MR) is 506 cm³/mol. The number of aryl methyl sites for hydroxylation is 1. The Morgan fingerprint density at radius 2 is 1.17 bits per heavy atom. The average Bonchev–Trinajstić information content (AvgIpc) is 1.55. The van der Waals surface area contributed by atoms with E-state index in [0.29, 0.717) is 99.8 Å². The number of nitrogens with zero attached hydrogens (tertiary/aromatic N) is 16. The molecule has 5 N–H and O–H groups in total. The summed E-state index contributed by atoms with van der Waals surface area (Å²) in [5.74, 6) is 11.8. The van der Waals surface area contributed by atoms with E-state index in [0.717, 1.165) is 123 Å². The minimum absolute atomic E-state index is 0. The zero-order valence-corrected chi connectivity index (χ0v) is 74.8. The van der Waals surface area contributed by atoms with E-state index in [4.69, 9.17) is 14.5 Å². The molecule has 4 aliphatic heterocycles. The molecule has 14 heterocycles. The second-order valence-corrected chi connectivity index (χ2v) is 41.8. The van der Waals surface area contributed by atoms with Gasteiger partial charge in [0.05, 0.1) is 28.6 Å². The largest absolute Gasteiger partial charge is 0.490 e. The van der Waals surface area contributed by atoms with Crippen molar-refractivity contribution in [3.05, 3.63) is 223 Å². The Labute approximate surface area is 749 Å².